The van der Waals surface area contributed by atoms with E-state index in [9.17, 15) is 0 Å². The Morgan fingerprint density at radius 3 is 1.39 bits per heavy atom. The molecule has 1 fully saturated rings. The van der Waals surface area contributed by atoms with Crippen molar-refractivity contribution in [2.45, 2.75) is 36.5 Å². The van der Waals surface area contributed by atoms with Gasteiger partial charge in [-0.15, -0.1) is 0 Å². The zero-order valence-electron chi connectivity index (χ0n) is 41.4. The Labute approximate surface area is 436 Å². The molecule has 4 aliphatic carbocycles. The standard InChI is InChI=1S/C74H49N/c1-2-18-51-46(17-1)31-32-47-41-48(33-36-52(47)51)62-44-65-61-26-10-14-30-70(61)74(68-28-12-8-23-58(68)59-24-9-13-29-69(59)74)71(65)45-72(62)75(50-35-38-67-64(43-50)60-25-7-11-27-66(60)73(67)39-15-16-40-73)49-34-37-57-55-21-4-3-19-53(55)54-20-5-6-22-56(54)63(57)42-49/h1-14,17-38,41-45H,15-16,39-40H2. The second kappa shape index (κ2) is 15.3. The average Bonchev–Trinajstić information content (AvgIpc) is 4.35. The van der Waals surface area contributed by atoms with Crippen LogP contribution in [0.15, 0.2) is 249 Å². The SMILES string of the molecule is c1ccc2c(c1)-c1cc(N(c3ccc4c5ccccc5c5ccccc5c4c3)c3cc4c(cc3-c3ccc5c(ccc6ccccc65)c3)-c3ccccc3C43c4ccccc4-c4ccccc43)ccc1C21CCCC1. The Morgan fingerprint density at radius 2 is 0.720 bits per heavy atom. The van der Waals surface area contributed by atoms with Crippen LogP contribution in [0.4, 0.5) is 17.1 Å². The van der Waals surface area contributed by atoms with Crippen LogP contribution in [0.3, 0.4) is 0 Å². The van der Waals surface area contributed by atoms with Crippen LogP contribution in [-0.4, -0.2) is 0 Å². The third-order valence-corrected chi connectivity index (χ3v) is 18.4. The summed E-state index contributed by atoms with van der Waals surface area (Å²) in [5, 5.41) is 12.7. The Bertz CT molecular complexity index is 4540. The van der Waals surface area contributed by atoms with Gasteiger partial charge in [0.2, 0.25) is 0 Å². The lowest BCUT2D eigenvalue weighted by molar-refractivity contribution is 0.550. The summed E-state index contributed by atoms with van der Waals surface area (Å²) in [5.41, 5.74) is 21.7. The van der Waals surface area contributed by atoms with E-state index >= 15 is 0 Å². The molecule has 350 valence electrons. The molecule has 0 atom stereocenters. The lowest BCUT2D eigenvalue weighted by Gasteiger charge is -2.34. The lowest BCUT2D eigenvalue weighted by Crippen LogP contribution is -2.26. The quantitative estimate of drug-likeness (QED) is 0.159. The van der Waals surface area contributed by atoms with Gasteiger partial charge in [0.15, 0.2) is 0 Å². The highest BCUT2D eigenvalue weighted by Crippen LogP contribution is 2.65. The number of hydrogen-bond acceptors (Lipinski definition) is 1. The van der Waals surface area contributed by atoms with Crippen molar-refractivity contribution in [2.24, 2.45) is 0 Å². The summed E-state index contributed by atoms with van der Waals surface area (Å²) in [5.74, 6) is 0. The van der Waals surface area contributed by atoms with Gasteiger partial charge in [-0.05, 0) is 181 Å². The minimum absolute atomic E-state index is 0.0631. The maximum Gasteiger partial charge on any atom is 0.0726 e. The molecule has 0 radical (unpaired) electrons. The van der Waals surface area contributed by atoms with Crippen LogP contribution in [0.25, 0.3) is 98.4 Å². The van der Waals surface area contributed by atoms with Crippen molar-refractivity contribution < 1.29 is 0 Å². The maximum absolute atomic E-state index is 2.63. The fourth-order valence-corrected chi connectivity index (χ4v) is 15.3. The van der Waals surface area contributed by atoms with Gasteiger partial charge in [-0.2, -0.15) is 0 Å². The second-order valence-corrected chi connectivity index (χ2v) is 21.7. The highest BCUT2D eigenvalue weighted by atomic mass is 15.1. The van der Waals surface area contributed by atoms with E-state index in [1.807, 2.05) is 0 Å². The molecule has 0 N–H and O–H groups in total. The van der Waals surface area contributed by atoms with E-state index in [0.29, 0.717) is 0 Å². The smallest absolute Gasteiger partial charge is 0.0726 e. The fraction of sp³-hybridized carbons (Fsp3) is 0.0811. The van der Waals surface area contributed by atoms with Gasteiger partial charge in [0, 0.05) is 22.4 Å². The molecule has 1 saturated carbocycles. The number of hydrogen-bond donors (Lipinski definition) is 0. The molecular formula is C74H49N. The molecule has 75 heavy (non-hydrogen) atoms. The van der Waals surface area contributed by atoms with Gasteiger partial charge in [-0.25, -0.2) is 0 Å². The molecule has 0 aromatic heterocycles. The summed E-state index contributed by atoms with van der Waals surface area (Å²) < 4.78 is 0. The van der Waals surface area contributed by atoms with E-state index in [1.165, 1.54) is 157 Å². The monoisotopic (exact) mass is 951 g/mol. The molecule has 4 aliphatic rings. The zero-order valence-corrected chi connectivity index (χ0v) is 41.4. The highest BCUT2D eigenvalue weighted by Gasteiger charge is 2.52. The van der Waals surface area contributed by atoms with E-state index in [2.05, 4.69) is 254 Å². The van der Waals surface area contributed by atoms with Gasteiger partial charge in [0.1, 0.15) is 0 Å². The molecule has 2 spiro atoms. The van der Waals surface area contributed by atoms with Crippen LogP contribution < -0.4 is 4.90 Å². The molecule has 0 amide bonds. The van der Waals surface area contributed by atoms with E-state index in [1.54, 1.807) is 0 Å². The third kappa shape index (κ3) is 5.47. The molecular weight excluding hydrogens is 903 g/mol. The summed E-state index contributed by atoms with van der Waals surface area (Å²) in [6, 6.07) is 95.6. The molecule has 17 rings (SSSR count). The Kier molecular flexibility index (Phi) is 8.43. The van der Waals surface area contributed by atoms with E-state index in [4.69, 9.17) is 0 Å². The molecule has 0 bridgehead atoms. The normalized spacial score (nSPS) is 14.9. The molecule has 0 saturated heterocycles. The number of fused-ring (bicyclic) bond motifs is 24. The molecule has 0 unspecified atom stereocenters. The topological polar surface area (TPSA) is 3.24 Å². The highest BCUT2D eigenvalue weighted by molar-refractivity contribution is 6.26. The van der Waals surface area contributed by atoms with E-state index in [0.717, 1.165) is 17.1 Å². The van der Waals surface area contributed by atoms with Gasteiger partial charge in [0.05, 0.1) is 11.1 Å². The molecule has 1 heteroatoms. The van der Waals surface area contributed by atoms with Crippen LogP contribution in [0.5, 0.6) is 0 Å². The predicted octanol–water partition coefficient (Wildman–Crippen LogP) is 19.8. The van der Waals surface area contributed by atoms with E-state index < -0.39 is 5.41 Å². The van der Waals surface area contributed by atoms with Crippen molar-refractivity contribution in [3.05, 3.63) is 282 Å². The van der Waals surface area contributed by atoms with Crippen molar-refractivity contribution in [3.63, 3.8) is 0 Å². The molecule has 0 aliphatic heterocycles. The van der Waals surface area contributed by atoms with Crippen LogP contribution >= 0.6 is 0 Å². The van der Waals surface area contributed by atoms with Crippen molar-refractivity contribution >= 4 is 70.9 Å². The minimum Gasteiger partial charge on any atom is -0.310 e. The van der Waals surface area contributed by atoms with Gasteiger partial charge < -0.3 is 4.90 Å². The number of anilines is 3. The van der Waals surface area contributed by atoms with Crippen LogP contribution in [0.1, 0.15) is 59.1 Å². The first kappa shape index (κ1) is 41.4. The molecule has 0 heterocycles. The second-order valence-electron chi connectivity index (χ2n) is 21.7. The van der Waals surface area contributed by atoms with Gasteiger partial charge >= 0.3 is 0 Å². The van der Waals surface area contributed by atoms with Crippen molar-refractivity contribution in [2.75, 3.05) is 4.90 Å². The van der Waals surface area contributed by atoms with E-state index in [-0.39, 0.29) is 5.41 Å². The maximum atomic E-state index is 2.63. The molecule has 1 nitrogen and oxygen atoms in total. The largest absolute Gasteiger partial charge is 0.310 e. The van der Waals surface area contributed by atoms with Crippen LogP contribution in [-0.2, 0) is 10.8 Å². The Balaban J connectivity index is 1.01. The molecule has 13 aromatic carbocycles. The summed E-state index contributed by atoms with van der Waals surface area (Å²) in [6.07, 6.45) is 4.92. The first-order chi connectivity index (χ1) is 37.2. The zero-order chi connectivity index (χ0) is 49.0. The van der Waals surface area contributed by atoms with Gasteiger partial charge in [-0.1, -0.05) is 219 Å². The number of benzene rings is 13. The number of rotatable bonds is 4. The van der Waals surface area contributed by atoms with Crippen LogP contribution in [0, 0.1) is 0 Å². The first-order valence-electron chi connectivity index (χ1n) is 26.9. The minimum atomic E-state index is -0.523. The Hall–Kier alpha value is -9.04. The van der Waals surface area contributed by atoms with Gasteiger partial charge in [-0.3, -0.25) is 0 Å². The van der Waals surface area contributed by atoms with Crippen molar-refractivity contribution in [1.29, 1.82) is 0 Å². The van der Waals surface area contributed by atoms with Crippen molar-refractivity contribution in [1.82, 2.24) is 0 Å². The summed E-state index contributed by atoms with van der Waals surface area (Å²) in [7, 11) is 0. The summed E-state index contributed by atoms with van der Waals surface area (Å²) in [6.45, 7) is 0. The first-order valence-corrected chi connectivity index (χ1v) is 26.9. The average molecular weight is 952 g/mol. The lowest BCUT2D eigenvalue weighted by atomic mass is 9.70. The molecule has 13 aromatic rings. The fourth-order valence-electron chi connectivity index (χ4n) is 15.3. The van der Waals surface area contributed by atoms with Gasteiger partial charge in [0.25, 0.3) is 0 Å². The summed E-state index contributed by atoms with van der Waals surface area (Å²) in [4.78, 5) is 2.63. The summed E-state index contributed by atoms with van der Waals surface area (Å²) >= 11 is 0. The predicted molar refractivity (Wildman–Crippen MR) is 315 cm³/mol. The van der Waals surface area contributed by atoms with Crippen LogP contribution in [0.2, 0.25) is 0 Å². The number of nitrogens with zero attached hydrogens (tertiary/aromatic N) is 1. The Morgan fingerprint density at radius 1 is 0.267 bits per heavy atom. The third-order valence-electron chi connectivity index (χ3n) is 18.4. The van der Waals surface area contributed by atoms with Crippen molar-refractivity contribution in [3.8, 4) is 44.5 Å².